The van der Waals surface area contributed by atoms with E-state index in [2.05, 4.69) is 18.0 Å². The first-order valence-corrected chi connectivity index (χ1v) is 6.43. The molecule has 0 amide bonds. The van der Waals surface area contributed by atoms with Crippen LogP contribution in [0.5, 0.6) is 0 Å². The van der Waals surface area contributed by atoms with Crippen LogP contribution in [0.4, 0.5) is 0 Å². The molecule has 0 unspecified atom stereocenters. The topological polar surface area (TPSA) is 36.7 Å². The molecular formula is C14H12N2S. The fourth-order valence-corrected chi connectivity index (χ4v) is 2.25. The molecule has 0 fully saturated rings. The maximum absolute atomic E-state index is 9.00. The summed E-state index contributed by atoms with van der Waals surface area (Å²) in [5.41, 5.74) is 2.65. The zero-order valence-corrected chi connectivity index (χ0v) is 10.4. The number of benzene rings is 1. The Bertz CT molecular complexity index is 544. The van der Waals surface area contributed by atoms with Gasteiger partial charge in [0.05, 0.1) is 11.3 Å². The van der Waals surface area contributed by atoms with Crippen LogP contribution in [0.3, 0.4) is 0 Å². The van der Waals surface area contributed by atoms with E-state index in [1.54, 1.807) is 11.8 Å². The maximum atomic E-state index is 9.00. The van der Waals surface area contributed by atoms with E-state index < -0.39 is 0 Å². The van der Waals surface area contributed by atoms with E-state index in [0.29, 0.717) is 5.56 Å². The van der Waals surface area contributed by atoms with Gasteiger partial charge in [0.1, 0.15) is 11.1 Å². The van der Waals surface area contributed by atoms with Gasteiger partial charge in [0.15, 0.2) is 0 Å². The molecular weight excluding hydrogens is 228 g/mol. The van der Waals surface area contributed by atoms with Crippen molar-refractivity contribution < 1.29 is 0 Å². The Labute approximate surface area is 105 Å². The van der Waals surface area contributed by atoms with Crippen molar-refractivity contribution in [3.63, 3.8) is 0 Å². The minimum Gasteiger partial charge on any atom is -0.240 e. The highest BCUT2D eigenvalue weighted by atomic mass is 32.2. The molecule has 2 nitrogen and oxygen atoms in total. The molecule has 2 aromatic rings. The molecule has 0 bridgehead atoms. The Balaban J connectivity index is 2.45. The Morgan fingerprint density at radius 1 is 1.18 bits per heavy atom. The third-order valence-electron chi connectivity index (χ3n) is 2.33. The van der Waals surface area contributed by atoms with Crippen LogP contribution in [0, 0.1) is 11.3 Å². The quantitative estimate of drug-likeness (QED) is 0.767. The monoisotopic (exact) mass is 240 g/mol. The van der Waals surface area contributed by atoms with Gasteiger partial charge in [0, 0.05) is 5.56 Å². The first kappa shape index (κ1) is 11.7. The second-order valence-electron chi connectivity index (χ2n) is 3.46. The van der Waals surface area contributed by atoms with Crippen molar-refractivity contribution in [1.82, 2.24) is 4.98 Å². The van der Waals surface area contributed by atoms with Gasteiger partial charge >= 0.3 is 0 Å². The van der Waals surface area contributed by atoms with E-state index in [4.69, 9.17) is 5.26 Å². The molecule has 1 heterocycles. The molecule has 2 rings (SSSR count). The fourth-order valence-electron chi connectivity index (χ4n) is 1.54. The van der Waals surface area contributed by atoms with Gasteiger partial charge in [-0.3, -0.25) is 0 Å². The molecule has 3 heteroatoms. The molecule has 0 aliphatic rings. The average Bonchev–Trinajstić information content (AvgIpc) is 2.40. The van der Waals surface area contributed by atoms with E-state index in [-0.39, 0.29) is 0 Å². The van der Waals surface area contributed by atoms with Crippen LogP contribution in [0.15, 0.2) is 47.5 Å². The fraction of sp³-hybridized carbons (Fsp3) is 0.143. The predicted molar refractivity (Wildman–Crippen MR) is 70.8 cm³/mol. The van der Waals surface area contributed by atoms with Gasteiger partial charge in [0.25, 0.3) is 0 Å². The summed E-state index contributed by atoms with van der Waals surface area (Å²) in [7, 11) is 0. The maximum Gasteiger partial charge on any atom is 0.114 e. The summed E-state index contributed by atoms with van der Waals surface area (Å²) in [6.07, 6.45) is 0. The van der Waals surface area contributed by atoms with Crippen LogP contribution in [-0.2, 0) is 0 Å². The molecule has 0 saturated carbocycles. The van der Waals surface area contributed by atoms with Crippen molar-refractivity contribution in [2.45, 2.75) is 11.9 Å². The van der Waals surface area contributed by atoms with E-state index in [0.717, 1.165) is 22.0 Å². The smallest absolute Gasteiger partial charge is 0.114 e. The molecule has 1 aromatic heterocycles. The molecule has 1 aromatic carbocycles. The van der Waals surface area contributed by atoms with E-state index in [1.807, 2.05) is 42.5 Å². The van der Waals surface area contributed by atoms with Crippen LogP contribution in [0.2, 0.25) is 0 Å². The summed E-state index contributed by atoms with van der Waals surface area (Å²) >= 11 is 1.60. The van der Waals surface area contributed by atoms with E-state index in [9.17, 15) is 0 Å². The summed E-state index contributed by atoms with van der Waals surface area (Å²) in [5, 5.41) is 9.82. The van der Waals surface area contributed by atoms with Crippen LogP contribution in [0.1, 0.15) is 12.5 Å². The van der Waals surface area contributed by atoms with Crippen molar-refractivity contribution >= 4 is 11.8 Å². The zero-order chi connectivity index (χ0) is 12.1. The highest BCUT2D eigenvalue weighted by Crippen LogP contribution is 2.24. The van der Waals surface area contributed by atoms with Crippen LogP contribution < -0.4 is 0 Å². The van der Waals surface area contributed by atoms with E-state index >= 15 is 0 Å². The molecule has 0 saturated heterocycles. The van der Waals surface area contributed by atoms with Crippen LogP contribution in [-0.4, -0.2) is 10.7 Å². The summed E-state index contributed by atoms with van der Waals surface area (Å²) < 4.78 is 0. The number of hydrogen-bond donors (Lipinski definition) is 0. The van der Waals surface area contributed by atoms with Gasteiger partial charge in [-0.15, -0.1) is 11.8 Å². The second kappa shape index (κ2) is 5.51. The number of nitrogens with zero attached hydrogens (tertiary/aromatic N) is 2. The first-order valence-electron chi connectivity index (χ1n) is 5.44. The van der Waals surface area contributed by atoms with Crippen molar-refractivity contribution in [2.75, 3.05) is 5.75 Å². The highest BCUT2D eigenvalue weighted by molar-refractivity contribution is 7.99. The summed E-state index contributed by atoms with van der Waals surface area (Å²) in [6, 6.07) is 15.9. The zero-order valence-electron chi connectivity index (χ0n) is 9.55. The minimum atomic E-state index is 0.650. The number of rotatable bonds is 3. The molecule has 0 atom stereocenters. The largest absolute Gasteiger partial charge is 0.240 e. The summed E-state index contributed by atoms with van der Waals surface area (Å²) in [5.74, 6) is 0.917. The van der Waals surface area contributed by atoms with Crippen molar-refractivity contribution in [2.24, 2.45) is 0 Å². The molecule has 0 spiro atoms. The third-order valence-corrected chi connectivity index (χ3v) is 3.20. The summed E-state index contributed by atoms with van der Waals surface area (Å²) in [4.78, 5) is 4.54. The average molecular weight is 240 g/mol. The molecule has 0 aliphatic heterocycles. The first-order chi connectivity index (χ1) is 8.35. The number of hydrogen-bond acceptors (Lipinski definition) is 3. The standard InChI is InChI=1S/C14H12N2S/c1-2-17-14-12(10-15)8-9-13(16-14)11-6-4-3-5-7-11/h3-9H,2H2,1H3. The summed E-state index contributed by atoms with van der Waals surface area (Å²) in [6.45, 7) is 2.06. The Morgan fingerprint density at radius 2 is 1.94 bits per heavy atom. The number of pyridine rings is 1. The lowest BCUT2D eigenvalue weighted by atomic mass is 10.1. The van der Waals surface area contributed by atoms with Gasteiger partial charge in [-0.2, -0.15) is 5.26 Å². The van der Waals surface area contributed by atoms with Gasteiger partial charge < -0.3 is 0 Å². The van der Waals surface area contributed by atoms with Gasteiger partial charge in [-0.1, -0.05) is 37.3 Å². The SMILES string of the molecule is CCSc1nc(-c2ccccc2)ccc1C#N. The minimum absolute atomic E-state index is 0.650. The molecule has 0 aliphatic carbocycles. The number of thioether (sulfide) groups is 1. The van der Waals surface area contributed by atoms with Gasteiger partial charge in [-0.05, 0) is 17.9 Å². The van der Waals surface area contributed by atoms with Gasteiger partial charge in [0.2, 0.25) is 0 Å². The molecule has 17 heavy (non-hydrogen) atoms. The molecule has 0 N–H and O–H groups in total. The van der Waals surface area contributed by atoms with Gasteiger partial charge in [-0.25, -0.2) is 4.98 Å². The van der Waals surface area contributed by atoms with Crippen molar-refractivity contribution in [3.05, 3.63) is 48.0 Å². The Kier molecular flexibility index (Phi) is 3.79. The van der Waals surface area contributed by atoms with Crippen molar-refractivity contribution in [3.8, 4) is 17.3 Å². The lowest BCUT2D eigenvalue weighted by molar-refractivity contribution is 1.12. The Morgan fingerprint density at radius 3 is 2.59 bits per heavy atom. The van der Waals surface area contributed by atoms with Crippen LogP contribution >= 0.6 is 11.8 Å². The van der Waals surface area contributed by atoms with Crippen molar-refractivity contribution in [1.29, 1.82) is 5.26 Å². The lowest BCUT2D eigenvalue weighted by Gasteiger charge is -2.05. The third kappa shape index (κ3) is 2.66. The molecule has 0 radical (unpaired) electrons. The van der Waals surface area contributed by atoms with E-state index in [1.165, 1.54) is 0 Å². The lowest BCUT2D eigenvalue weighted by Crippen LogP contribution is -1.90. The van der Waals surface area contributed by atoms with Crippen LogP contribution in [0.25, 0.3) is 11.3 Å². The normalized spacial score (nSPS) is 9.88. The Hall–Kier alpha value is -1.79. The predicted octanol–water partition coefficient (Wildman–Crippen LogP) is 3.73. The highest BCUT2D eigenvalue weighted by Gasteiger charge is 2.06. The second-order valence-corrected chi connectivity index (χ2v) is 4.71. The number of aromatic nitrogens is 1. The molecule has 84 valence electrons. The number of nitriles is 1.